The number of rotatable bonds is 12. The molecule has 0 aromatic carbocycles. The van der Waals surface area contributed by atoms with Crippen LogP contribution in [0.2, 0.25) is 0 Å². The van der Waals surface area contributed by atoms with E-state index in [-0.39, 0.29) is 11.6 Å². The molecule has 0 saturated heterocycles. The maximum absolute atomic E-state index is 12.6. The van der Waals surface area contributed by atoms with E-state index < -0.39 is 0 Å². The van der Waals surface area contributed by atoms with Crippen molar-refractivity contribution in [3.8, 4) is 0 Å². The Morgan fingerprint density at radius 3 is 2.03 bits per heavy atom. The molecular formula is C32H48O2. The molecule has 0 heterocycles. The molecule has 0 aromatic rings. The first kappa shape index (κ1) is 28.3. The number of hydrogen-bond donors (Lipinski definition) is 0. The summed E-state index contributed by atoms with van der Waals surface area (Å²) >= 11 is 0. The molecule has 2 aliphatic rings. The van der Waals surface area contributed by atoms with Crippen molar-refractivity contribution >= 4 is 11.6 Å². The van der Waals surface area contributed by atoms with Gasteiger partial charge in [0.05, 0.1) is 0 Å². The number of hydrogen-bond acceptors (Lipinski definition) is 2. The molecule has 1 atom stereocenters. The van der Waals surface area contributed by atoms with Gasteiger partial charge in [0, 0.05) is 22.3 Å². The van der Waals surface area contributed by atoms with Crippen molar-refractivity contribution in [2.24, 2.45) is 5.92 Å². The Kier molecular flexibility index (Phi) is 12.0. The second-order valence-electron chi connectivity index (χ2n) is 10.8. The molecule has 0 aliphatic heterocycles. The topological polar surface area (TPSA) is 34.1 Å². The highest BCUT2D eigenvalue weighted by molar-refractivity contribution is 6.24. The van der Waals surface area contributed by atoms with Crippen molar-refractivity contribution in [2.45, 2.75) is 125 Å². The summed E-state index contributed by atoms with van der Waals surface area (Å²) in [4.78, 5) is 24.9. The van der Waals surface area contributed by atoms with E-state index in [1.807, 2.05) is 6.92 Å². The Hall–Kier alpha value is -1.96. The lowest BCUT2D eigenvalue weighted by Crippen LogP contribution is -2.21. The minimum absolute atomic E-state index is 0.0452. The highest BCUT2D eigenvalue weighted by Gasteiger charge is 2.27. The summed E-state index contributed by atoms with van der Waals surface area (Å²) < 4.78 is 0. The van der Waals surface area contributed by atoms with Crippen LogP contribution in [0.3, 0.4) is 0 Å². The molecule has 0 amide bonds. The quantitative estimate of drug-likeness (QED) is 0.213. The lowest BCUT2D eigenvalue weighted by Gasteiger charge is -2.20. The van der Waals surface area contributed by atoms with Gasteiger partial charge in [-0.3, -0.25) is 9.59 Å². The van der Waals surface area contributed by atoms with Gasteiger partial charge in [-0.05, 0) is 118 Å². The summed E-state index contributed by atoms with van der Waals surface area (Å²) in [7, 11) is 0. The van der Waals surface area contributed by atoms with Gasteiger partial charge in [-0.15, -0.1) is 0 Å². The molecule has 2 nitrogen and oxygen atoms in total. The smallest absolute Gasteiger partial charge is 0.185 e. The van der Waals surface area contributed by atoms with Crippen molar-refractivity contribution in [1.82, 2.24) is 0 Å². The number of Topliss-reactive ketones (excluding diaryl/α,β-unsaturated/α-hetero) is 2. The van der Waals surface area contributed by atoms with Crippen LogP contribution in [0.15, 0.2) is 57.2 Å². The van der Waals surface area contributed by atoms with E-state index in [0.29, 0.717) is 29.1 Å². The van der Waals surface area contributed by atoms with Gasteiger partial charge in [-0.2, -0.15) is 0 Å². The van der Waals surface area contributed by atoms with Gasteiger partial charge in [0.15, 0.2) is 11.6 Å². The van der Waals surface area contributed by atoms with Crippen LogP contribution >= 0.6 is 0 Å². The first-order chi connectivity index (χ1) is 16.2. The summed E-state index contributed by atoms with van der Waals surface area (Å²) in [5.74, 6) is 0.662. The van der Waals surface area contributed by atoms with E-state index >= 15 is 0 Å². The van der Waals surface area contributed by atoms with Crippen molar-refractivity contribution in [2.75, 3.05) is 0 Å². The number of carbonyl (C=O) groups is 2. The van der Waals surface area contributed by atoms with Crippen molar-refractivity contribution in [3.05, 3.63) is 57.2 Å². The second-order valence-corrected chi connectivity index (χ2v) is 10.8. The Morgan fingerprint density at radius 1 is 0.765 bits per heavy atom. The highest BCUT2D eigenvalue weighted by Crippen LogP contribution is 2.29. The Morgan fingerprint density at radius 2 is 1.35 bits per heavy atom. The first-order valence-corrected chi connectivity index (χ1v) is 13.7. The van der Waals surface area contributed by atoms with Gasteiger partial charge in [0.2, 0.25) is 0 Å². The molecule has 1 fully saturated rings. The molecule has 188 valence electrons. The standard InChI is InChI=1S/C32H48O2/c1-23(13-10-14-24(2)17-12-20-29-18-8-7-9-19-29)15-11-16-25(3)21-22-30-28(6)31(33)26(4)27(5)32(30)34/h14-15,20,25H,7-13,16-19,21-22H2,1-6H3/b23-15+,24-14+/t25-/m0/s1. The maximum atomic E-state index is 12.6. The number of ketones is 2. The summed E-state index contributed by atoms with van der Waals surface area (Å²) in [6.07, 6.45) is 22.7. The Balaban J connectivity index is 1.66. The van der Waals surface area contributed by atoms with Gasteiger partial charge in [-0.1, -0.05) is 48.3 Å². The van der Waals surface area contributed by atoms with Crippen LogP contribution in [0.25, 0.3) is 0 Å². The van der Waals surface area contributed by atoms with Crippen molar-refractivity contribution < 1.29 is 9.59 Å². The molecule has 0 N–H and O–H groups in total. The molecule has 2 aliphatic carbocycles. The monoisotopic (exact) mass is 464 g/mol. The molecule has 0 aromatic heterocycles. The molecule has 2 heteroatoms. The van der Waals surface area contributed by atoms with E-state index in [4.69, 9.17) is 0 Å². The zero-order valence-corrected chi connectivity index (χ0v) is 22.8. The predicted octanol–water partition coefficient (Wildman–Crippen LogP) is 9.33. The first-order valence-electron chi connectivity index (χ1n) is 13.7. The van der Waals surface area contributed by atoms with Gasteiger partial charge in [-0.25, -0.2) is 0 Å². The summed E-state index contributed by atoms with van der Waals surface area (Å²) in [6, 6.07) is 0. The van der Waals surface area contributed by atoms with Gasteiger partial charge in [0.25, 0.3) is 0 Å². The maximum Gasteiger partial charge on any atom is 0.185 e. The highest BCUT2D eigenvalue weighted by atomic mass is 16.1. The molecule has 0 unspecified atom stereocenters. The SMILES string of the molecule is CC1=C(C)C(=O)C(CC[C@@H](C)CC/C=C(\C)CC/C=C(\C)CCC=C2CCCCC2)=C(C)C1=O. The molecule has 34 heavy (non-hydrogen) atoms. The zero-order valence-electron chi connectivity index (χ0n) is 22.8. The van der Waals surface area contributed by atoms with E-state index in [2.05, 4.69) is 39.0 Å². The van der Waals surface area contributed by atoms with E-state index in [1.165, 1.54) is 56.1 Å². The van der Waals surface area contributed by atoms with Gasteiger partial charge in [0.1, 0.15) is 0 Å². The average molecular weight is 465 g/mol. The minimum atomic E-state index is 0.0452. The largest absolute Gasteiger partial charge is 0.289 e. The Labute approximate surface area is 209 Å². The summed E-state index contributed by atoms with van der Waals surface area (Å²) in [6.45, 7) is 12.1. The summed E-state index contributed by atoms with van der Waals surface area (Å²) in [5.41, 5.74) is 7.33. The molecule has 0 spiro atoms. The molecule has 2 rings (SSSR count). The van der Waals surface area contributed by atoms with Crippen molar-refractivity contribution in [1.29, 1.82) is 0 Å². The van der Waals surface area contributed by atoms with Crippen LogP contribution in [0.1, 0.15) is 125 Å². The van der Waals surface area contributed by atoms with Gasteiger partial charge >= 0.3 is 0 Å². The third-order valence-electron chi connectivity index (χ3n) is 7.85. The molecular weight excluding hydrogens is 416 g/mol. The fourth-order valence-electron chi connectivity index (χ4n) is 5.07. The van der Waals surface area contributed by atoms with Crippen LogP contribution in [0, 0.1) is 5.92 Å². The van der Waals surface area contributed by atoms with E-state index in [9.17, 15) is 9.59 Å². The average Bonchev–Trinajstić information content (AvgIpc) is 2.82. The number of allylic oxidation sites excluding steroid dienone is 10. The second kappa shape index (κ2) is 14.4. The predicted molar refractivity (Wildman–Crippen MR) is 146 cm³/mol. The lowest BCUT2D eigenvalue weighted by atomic mass is 9.82. The van der Waals surface area contributed by atoms with Crippen LogP contribution < -0.4 is 0 Å². The molecule has 0 bridgehead atoms. The minimum Gasteiger partial charge on any atom is -0.289 e. The fourth-order valence-corrected chi connectivity index (χ4v) is 5.07. The van der Waals surface area contributed by atoms with Crippen LogP contribution in [0.5, 0.6) is 0 Å². The van der Waals surface area contributed by atoms with Crippen LogP contribution in [-0.4, -0.2) is 11.6 Å². The lowest BCUT2D eigenvalue weighted by molar-refractivity contribution is -0.116. The van der Waals surface area contributed by atoms with Gasteiger partial charge < -0.3 is 0 Å². The van der Waals surface area contributed by atoms with Crippen molar-refractivity contribution in [3.63, 3.8) is 0 Å². The molecule has 1 saturated carbocycles. The normalized spacial score (nSPS) is 19.3. The summed E-state index contributed by atoms with van der Waals surface area (Å²) in [5, 5.41) is 0. The zero-order chi connectivity index (χ0) is 25.1. The van der Waals surface area contributed by atoms with Crippen LogP contribution in [0.4, 0.5) is 0 Å². The molecule has 0 radical (unpaired) electrons. The van der Waals surface area contributed by atoms with Crippen LogP contribution in [-0.2, 0) is 9.59 Å². The fraction of sp³-hybridized carbons (Fsp3) is 0.625. The third-order valence-corrected chi connectivity index (χ3v) is 7.85. The number of carbonyl (C=O) groups excluding carboxylic acids is 2. The van der Waals surface area contributed by atoms with E-state index in [1.54, 1.807) is 19.4 Å². The third kappa shape index (κ3) is 9.01. The Bertz CT molecular complexity index is 880. The van der Waals surface area contributed by atoms with E-state index in [0.717, 1.165) is 37.7 Å².